The molecule has 0 aromatic carbocycles. The Labute approximate surface area is 101 Å². The van der Waals surface area contributed by atoms with Crippen molar-refractivity contribution in [2.24, 2.45) is 0 Å². The van der Waals surface area contributed by atoms with Crippen molar-refractivity contribution < 1.29 is 13.7 Å². The Bertz CT molecular complexity index is 410. The minimum absolute atomic E-state index is 0.425. The number of rotatable bonds is 2. The van der Waals surface area contributed by atoms with Gasteiger partial charge >= 0.3 is 7.12 Å². The second kappa shape index (κ2) is 4.00. The molecule has 1 aliphatic heterocycles. The molecule has 0 bridgehead atoms. The number of aromatic amines is 1. The maximum atomic E-state index is 13.9. The third-order valence-corrected chi connectivity index (χ3v) is 3.39. The highest BCUT2D eigenvalue weighted by atomic mass is 19.1. The zero-order valence-electron chi connectivity index (χ0n) is 10.6. The minimum Gasteiger partial charge on any atom is -0.398 e. The van der Waals surface area contributed by atoms with Crippen LogP contribution in [0.1, 0.15) is 33.4 Å². The molecule has 0 spiro atoms. The first-order valence-corrected chi connectivity index (χ1v) is 5.68. The summed E-state index contributed by atoms with van der Waals surface area (Å²) >= 11 is 0. The maximum Gasteiger partial charge on any atom is 0.525 e. The monoisotopic (exact) mass is 237 g/mol. The van der Waals surface area contributed by atoms with Crippen molar-refractivity contribution in [3.63, 3.8) is 0 Å². The molecule has 1 fully saturated rings. The summed E-state index contributed by atoms with van der Waals surface area (Å²) in [5.41, 5.74) is -0.764. The van der Waals surface area contributed by atoms with E-state index >= 15 is 0 Å². The van der Waals surface area contributed by atoms with E-state index in [9.17, 15) is 4.39 Å². The first kappa shape index (κ1) is 12.4. The molecule has 1 saturated heterocycles. The second-order valence-electron chi connectivity index (χ2n) is 5.24. The normalized spacial score (nSPS) is 23.1. The highest BCUT2D eigenvalue weighted by Gasteiger charge is 2.53. The van der Waals surface area contributed by atoms with Crippen molar-refractivity contribution in [3.8, 4) is 0 Å². The number of H-pyrrole nitrogens is 1. The third-order valence-electron chi connectivity index (χ3n) is 3.39. The number of nitrogens with one attached hydrogen (secondary N) is 1. The van der Waals surface area contributed by atoms with E-state index in [1.807, 2.05) is 33.8 Å². The molecule has 1 N–H and O–H groups in total. The average molecular weight is 237 g/mol. The van der Waals surface area contributed by atoms with Gasteiger partial charge in [0.25, 0.3) is 0 Å². The summed E-state index contributed by atoms with van der Waals surface area (Å²) in [5.74, 6) is 0. The lowest BCUT2D eigenvalue weighted by Crippen LogP contribution is -2.41. The molecule has 3 nitrogen and oxygen atoms in total. The number of hydrogen-bond donors (Lipinski definition) is 1. The van der Waals surface area contributed by atoms with E-state index in [-0.39, 0.29) is 0 Å². The summed E-state index contributed by atoms with van der Waals surface area (Å²) in [6, 6.07) is 3.59. The molecule has 0 aliphatic carbocycles. The van der Waals surface area contributed by atoms with Gasteiger partial charge in [-0.2, -0.15) is 0 Å². The van der Waals surface area contributed by atoms with Crippen molar-refractivity contribution >= 4 is 13.2 Å². The Morgan fingerprint density at radius 1 is 1.29 bits per heavy atom. The fraction of sp³-hybridized carbons (Fsp3) is 0.500. The molecule has 92 valence electrons. The fourth-order valence-corrected chi connectivity index (χ4v) is 1.61. The van der Waals surface area contributed by atoms with Crippen LogP contribution in [-0.4, -0.2) is 23.3 Å². The van der Waals surface area contributed by atoms with Gasteiger partial charge in [0.2, 0.25) is 0 Å². The van der Waals surface area contributed by atoms with Crippen LogP contribution in [-0.2, 0) is 9.31 Å². The predicted molar refractivity (Wildman–Crippen MR) is 66.0 cm³/mol. The topological polar surface area (TPSA) is 34.2 Å². The SMILES string of the molecule is CC1(C)OB(C(F)=Cc2ccc[nH]2)OC1(C)C. The molecule has 0 unspecified atom stereocenters. The minimum atomic E-state index is -0.928. The largest absolute Gasteiger partial charge is 0.525 e. The van der Waals surface area contributed by atoms with Crippen LogP contribution in [0.3, 0.4) is 0 Å². The molecule has 0 amide bonds. The molecule has 0 saturated carbocycles. The van der Waals surface area contributed by atoms with Gasteiger partial charge in [-0.1, -0.05) is 0 Å². The molecule has 0 atom stereocenters. The van der Waals surface area contributed by atoms with Crippen molar-refractivity contribution in [1.82, 2.24) is 4.98 Å². The molecule has 2 rings (SSSR count). The van der Waals surface area contributed by atoms with Gasteiger partial charge in [0.15, 0.2) is 0 Å². The van der Waals surface area contributed by atoms with Crippen LogP contribution in [0.2, 0.25) is 0 Å². The lowest BCUT2D eigenvalue weighted by Gasteiger charge is -2.32. The van der Waals surface area contributed by atoms with Gasteiger partial charge in [-0.05, 0) is 45.9 Å². The summed E-state index contributed by atoms with van der Waals surface area (Å²) < 4.78 is 25.1. The summed E-state index contributed by atoms with van der Waals surface area (Å²) in [6.07, 6.45) is 3.13. The van der Waals surface area contributed by atoms with Crippen LogP contribution < -0.4 is 0 Å². The van der Waals surface area contributed by atoms with E-state index in [1.54, 1.807) is 12.3 Å². The van der Waals surface area contributed by atoms with Crippen molar-refractivity contribution in [2.75, 3.05) is 0 Å². The number of hydrogen-bond acceptors (Lipinski definition) is 2. The smallest absolute Gasteiger partial charge is 0.398 e. The van der Waals surface area contributed by atoms with Gasteiger partial charge in [0.05, 0.1) is 11.2 Å². The lowest BCUT2D eigenvalue weighted by atomic mass is 9.87. The summed E-state index contributed by atoms with van der Waals surface area (Å²) in [5, 5.41) is 0. The maximum absolute atomic E-state index is 13.9. The van der Waals surface area contributed by atoms with Crippen LogP contribution in [0, 0.1) is 0 Å². The van der Waals surface area contributed by atoms with E-state index in [0.29, 0.717) is 5.69 Å². The molecule has 17 heavy (non-hydrogen) atoms. The van der Waals surface area contributed by atoms with Gasteiger partial charge in [-0.3, -0.25) is 0 Å². The van der Waals surface area contributed by atoms with Gasteiger partial charge in [-0.15, -0.1) is 0 Å². The van der Waals surface area contributed by atoms with Gasteiger partial charge < -0.3 is 14.3 Å². The van der Waals surface area contributed by atoms with Crippen LogP contribution >= 0.6 is 0 Å². The van der Waals surface area contributed by atoms with Gasteiger partial charge in [0, 0.05) is 11.9 Å². The van der Waals surface area contributed by atoms with Crippen molar-refractivity contribution in [3.05, 3.63) is 29.7 Å². The average Bonchev–Trinajstić information content (AvgIpc) is 2.74. The summed E-state index contributed by atoms with van der Waals surface area (Å²) in [4.78, 5) is 2.91. The standard InChI is InChI=1S/C12H17BFNO2/c1-11(2)12(3,4)17-13(16-11)10(14)8-9-6-5-7-15-9/h5-8,15H,1-4H3. The zero-order chi connectivity index (χ0) is 12.7. The Balaban J connectivity index is 2.16. The Kier molecular flexibility index (Phi) is 2.91. The lowest BCUT2D eigenvalue weighted by molar-refractivity contribution is 0.00578. The molecular weight excluding hydrogens is 220 g/mol. The molecule has 1 aliphatic rings. The van der Waals surface area contributed by atoms with Crippen LogP contribution in [0.4, 0.5) is 4.39 Å². The molecule has 1 aromatic rings. The second-order valence-corrected chi connectivity index (χ2v) is 5.24. The van der Waals surface area contributed by atoms with Gasteiger partial charge in [0.1, 0.15) is 5.73 Å². The Hall–Kier alpha value is -1.07. The third kappa shape index (κ3) is 2.30. The molecule has 2 heterocycles. The number of halogens is 1. The van der Waals surface area contributed by atoms with Gasteiger partial charge in [-0.25, -0.2) is 4.39 Å². The summed E-state index contributed by atoms with van der Waals surface area (Å²) in [7, 11) is -0.928. The predicted octanol–water partition coefficient (Wildman–Crippen LogP) is 2.96. The molecule has 5 heteroatoms. The number of aromatic nitrogens is 1. The quantitative estimate of drug-likeness (QED) is 0.802. The molecular formula is C12H17BFNO2. The Morgan fingerprint density at radius 2 is 1.88 bits per heavy atom. The van der Waals surface area contributed by atoms with E-state index in [1.165, 1.54) is 6.08 Å². The first-order valence-electron chi connectivity index (χ1n) is 5.68. The fourth-order valence-electron chi connectivity index (χ4n) is 1.61. The summed E-state index contributed by atoms with van der Waals surface area (Å²) in [6.45, 7) is 7.59. The highest BCUT2D eigenvalue weighted by molar-refractivity contribution is 6.54. The van der Waals surface area contributed by atoms with Crippen LogP contribution in [0.25, 0.3) is 6.08 Å². The van der Waals surface area contributed by atoms with Crippen LogP contribution in [0.15, 0.2) is 24.1 Å². The van der Waals surface area contributed by atoms with E-state index in [2.05, 4.69) is 4.98 Å². The van der Waals surface area contributed by atoms with E-state index in [0.717, 1.165) is 0 Å². The van der Waals surface area contributed by atoms with E-state index in [4.69, 9.17) is 9.31 Å². The molecule has 0 radical (unpaired) electrons. The van der Waals surface area contributed by atoms with Crippen molar-refractivity contribution in [2.45, 2.75) is 38.9 Å². The Morgan fingerprint density at radius 3 is 2.35 bits per heavy atom. The van der Waals surface area contributed by atoms with Crippen molar-refractivity contribution in [1.29, 1.82) is 0 Å². The first-order chi connectivity index (χ1) is 7.82. The zero-order valence-corrected chi connectivity index (χ0v) is 10.6. The van der Waals surface area contributed by atoms with Crippen LogP contribution in [0.5, 0.6) is 0 Å². The highest BCUT2D eigenvalue weighted by Crippen LogP contribution is 2.38. The van der Waals surface area contributed by atoms with E-state index < -0.39 is 24.0 Å². The molecule has 1 aromatic heterocycles.